The van der Waals surface area contributed by atoms with Gasteiger partial charge in [-0.15, -0.1) is 0 Å². The molecule has 0 spiro atoms. The Labute approximate surface area is 275 Å². The number of carboxylic acids is 1. The van der Waals surface area contributed by atoms with E-state index in [0.717, 1.165) is 34.3 Å². The molecule has 4 rings (SSSR count). The minimum atomic E-state index is -1.42. The zero-order chi connectivity index (χ0) is 34.1. The number of methoxy groups -OCH3 is 1. The SMILES string of the molecule is C=C(O)C[C@H](NC(=O)[C@H](Cc1ccc2ccccc2c1)NC(=O)Cc1cc2cc(Cl)ccc2[nH]1)C(=O)N[C@@H](CCC(=O)O)C(=O)OC. The topological polar surface area (TPSA) is 187 Å². The Balaban J connectivity index is 1.56. The first-order chi connectivity index (χ1) is 22.4. The van der Waals surface area contributed by atoms with Crippen molar-refractivity contribution in [2.24, 2.45) is 0 Å². The zero-order valence-electron chi connectivity index (χ0n) is 25.5. The summed E-state index contributed by atoms with van der Waals surface area (Å²) in [5, 5.41) is 30.0. The monoisotopic (exact) mass is 662 g/mol. The number of aliphatic hydroxyl groups is 1. The van der Waals surface area contributed by atoms with Crippen LogP contribution in [0.25, 0.3) is 21.7 Å². The van der Waals surface area contributed by atoms with Gasteiger partial charge in [0.25, 0.3) is 0 Å². The Hall–Kier alpha value is -5.36. The lowest BCUT2D eigenvalue weighted by molar-refractivity contribution is -0.146. The highest BCUT2D eigenvalue weighted by atomic mass is 35.5. The second kappa shape index (κ2) is 15.8. The van der Waals surface area contributed by atoms with Crippen molar-refractivity contribution in [3.8, 4) is 0 Å². The number of carbonyl (C=O) groups excluding carboxylic acids is 4. The quantitative estimate of drug-likeness (QED) is 0.0821. The van der Waals surface area contributed by atoms with Crippen LogP contribution in [0.4, 0.5) is 0 Å². The summed E-state index contributed by atoms with van der Waals surface area (Å²) >= 11 is 6.09. The third-order valence-corrected chi connectivity index (χ3v) is 7.65. The minimum absolute atomic E-state index is 0.0581. The van der Waals surface area contributed by atoms with E-state index in [1.165, 1.54) is 0 Å². The molecule has 0 fully saturated rings. The van der Waals surface area contributed by atoms with Gasteiger partial charge in [0.1, 0.15) is 18.1 Å². The second-order valence-electron chi connectivity index (χ2n) is 11.1. The number of amides is 3. The van der Waals surface area contributed by atoms with Crippen LogP contribution in [0.2, 0.25) is 5.02 Å². The molecule has 0 saturated carbocycles. The Morgan fingerprint density at radius 3 is 2.26 bits per heavy atom. The molecule has 0 aliphatic rings. The summed E-state index contributed by atoms with van der Waals surface area (Å²) in [5.41, 5.74) is 2.11. The van der Waals surface area contributed by atoms with Crippen LogP contribution >= 0.6 is 11.6 Å². The number of ether oxygens (including phenoxy) is 1. The van der Waals surface area contributed by atoms with Crippen molar-refractivity contribution in [2.75, 3.05) is 7.11 Å². The number of aromatic nitrogens is 1. The van der Waals surface area contributed by atoms with Crippen molar-refractivity contribution >= 4 is 62.9 Å². The standard InChI is InChI=1S/C34H35ClN4O8/c1-19(40)13-28(32(44)38-27(34(46)47-2)11-12-31(42)43)39-33(45)29(15-20-7-8-21-5-3-4-6-22(21)14-20)37-30(41)18-25-17-23-16-24(35)9-10-26(23)36-25/h3-10,14,16-17,27-29,36,40H,1,11-13,15,18H2,2H3,(H,37,41)(H,38,44)(H,39,45)(H,42,43)/t27-,28-,29-/m0/s1. The number of halogens is 1. The summed E-state index contributed by atoms with van der Waals surface area (Å²) in [6.07, 6.45) is -1.15. The van der Waals surface area contributed by atoms with E-state index in [0.29, 0.717) is 10.7 Å². The highest BCUT2D eigenvalue weighted by Gasteiger charge is 2.31. The fraction of sp³-hybridized carbons (Fsp3) is 0.265. The lowest BCUT2D eigenvalue weighted by atomic mass is 10.0. The molecule has 246 valence electrons. The van der Waals surface area contributed by atoms with E-state index in [9.17, 15) is 29.1 Å². The number of aliphatic carboxylic acids is 1. The molecule has 3 aromatic carbocycles. The van der Waals surface area contributed by atoms with E-state index in [2.05, 4.69) is 32.3 Å². The predicted octanol–water partition coefficient (Wildman–Crippen LogP) is 3.71. The van der Waals surface area contributed by atoms with E-state index in [1.807, 2.05) is 42.5 Å². The largest absolute Gasteiger partial charge is 0.513 e. The van der Waals surface area contributed by atoms with Gasteiger partial charge in [0.15, 0.2) is 0 Å². The first-order valence-corrected chi connectivity index (χ1v) is 15.1. The summed E-state index contributed by atoms with van der Waals surface area (Å²) in [4.78, 5) is 66.8. The number of carboxylic acid groups (broad SMARTS) is 1. The van der Waals surface area contributed by atoms with Crippen LogP contribution in [0.5, 0.6) is 0 Å². The molecule has 4 aromatic rings. The summed E-state index contributed by atoms with van der Waals surface area (Å²) in [6, 6.07) is 16.4. The van der Waals surface area contributed by atoms with Crippen LogP contribution in [0.3, 0.4) is 0 Å². The number of aliphatic hydroxyl groups excluding tert-OH is 1. The number of rotatable bonds is 15. The highest BCUT2D eigenvalue weighted by Crippen LogP contribution is 2.21. The molecular weight excluding hydrogens is 628 g/mol. The maximum atomic E-state index is 13.8. The number of benzene rings is 3. The molecule has 1 aromatic heterocycles. The van der Waals surface area contributed by atoms with Crippen LogP contribution < -0.4 is 16.0 Å². The van der Waals surface area contributed by atoms with Gasteiger partial charge in [0.2, 0.25) is 17.7 Å². The van der Waals surface area contributed by atoms with Crippen LogP contribution in [0, 0.1) is 0 Å². The summed E-state index contributed by atoms with van der Waals surface area (Å²) in [5.74, 6) is -4.60. The van der Waals surface area contributed by atoms with Crippen molar-refractivity contribution < 1.29 is 38.9 Å². The lowest BCUT2D eigenvalue weighted by Gasteiger charge is -2.25. The number of hydrogen-bond acceptors (Lipinski definition) is 7. The van der Waals surface area contributed by atoms with Gasteiger partial charge in [-0.2, -0.15) is 0 Å². The smallest absolute Gasteiger partial charge is 0.328 e. The molecule has 3 amide bonds. The molecule has 12 nitrogen and oxygen atoms in total. The molecule has 47 heavy (non-hydrogen) atoms. The number of carbonyl (C=O) groups is 5. The minimum Gasteiger partial charge on any atom is -0.513 e. The van der Waals surface area contributed by atoms with Crippen molar-refractivity contribution in [1.29, 1.82) is 0 Å². The number of hydrogen-bond donors (Lipinski definition) is 6. The van der Waals surface area contributed by atoms with Crippen LogP contribution in [-0.4, -0.2) is 70.1 Å². The van der Waals surface area contributed by atoms with Gasteiger partial charge in [0, 0.05) is 40.9 Å². The molecule has 0 bridgehead atoms. The van der Waals surface area contributed by atoms with Crippen LogP contribution in [0.15, 0.2) is 79.1 Å². The molecular formula is C34H35ClN4O8. The van der Waals surface area contributed by atoms with Gasteiger partial charge in [-0.3, -0.25) is 19.2 Å². The van der Waals surface area contributed by atoms with Gasteiger partial charge in [-0.05, 0) is 47.0 Å². The molecule has 6 N–H and O–H groups in total. The second-order valence-corrected chi connectivity index (χ2v) is 11.5. The predicted molar refractivity (Wildman–Crippen MR) is 176 cm³/mol. The number of esters is 1. The molecule has 0 aliphatic carbocycles. The lowest BCUT2D eigenvalue weighted by Crippen LogP contribution is -2.56. The third kappa shape index (κ3) is 9.81. The van der Waals surface area contributed by atoms with E-state index in [1.54, 1.807) is 24.3 Å². The molecule has 0 aliphatic heterocycles. The number of fused-ring (bicyclic) bond motifs is 2. The zero-order valence-corrected chi connectivity index (χ0v) is 26.3. The highest BCUT2D eigenvalue weighted by molar-refractivity contribution is 6.31. The molecule has 0 radical (unpaired) electrons. The van der Waals surface area contributed by atoms with Crippen LogP contribution in [0.1, 0.15) is 30.5 Å². The first kappa shape index (κ1) is 34.5. The third-order valence-electron chi connectivity index (χ3n) is 7.42. The maximum Gasteiger partial charge on any atom is 0.328 e. The van der Waals surface area contributed by atoms with Crippen molar-refractivity contribution in [3.63, 3.8) is 0 Å². The normalized spacial score (nSPS) is 12.9. The molecule has 1 heterocycles. The Kier molecular flexibility index (Phi) is 11.6. The maximum absolute atomic E-state index is 13.8. The molecule has 0 saturated heterocycles. The van der Waals surface area contributed by atoms with E-state index >= 15 is 0 Å². The molecule has 0 unspecified atom stereocenters. The van der Waals surface area contributed by atoms with E-state index < -0.39 is 66.4 Å². The average molecular weight is 663 g/mol. The van der Waals surface area contributed by atoms with Gasteiger partial charge >= 0.3 is 11.9 Å². The summed E-state index contributed by atoms with van der Waals surface area (Å²) in [7, 11) is 1.09. The Morgan fingerprint density at radius 2 is 1.55 bits per heavy atom. The first-order valence-electron chi connectivity index (χ1n) is 14.7. The van der Waals surface area contributed by atoms with Crippen molar-refractivity contribution in [1.82, 2.24) is 20.9 Å². The van der Waals surface area contributed by atoms with Crippen molar-refractivity contribution in [3.05, 3.63) is 95.3 Å². The van der Waals surface area contributed by atoms with Gasteiger partial charge in [0.05, 0.1) is 19.3 Å². The Morgan fingerprint density at radius 1 is 0.851 bits per heavy atom. The van der Waals surface area contributed by atoms with Gasteiger partial charge in [-0.25, -0.2) is 4.79 Å². The average Bonchev–Trinajstić information content (AvgIpc) is 3.42. The Bertz CT molecular complexity index is 1820. The number of aromatic amines is 1. The van der Waals surface area contributed by atoms with Gasteiger partial charge < -0.3 is 35.9 Å². The van der Waals surface area contributed by atoms with E-state index in [4.69, 9.17) is 16.7 Å². The summed E-state index contributed by atoms with van der Waals surface area (Å²) in [6.45, 7) is 3.41. The van der Waals surface area contributed by atoms with E-state index in [-0.39, 0.29) is 19.3 Å². The number of H-pyrrole nitrogens is 1. The van der Waals surface area contributed by atoms with Crippen molar-refractivity contribution in [2.45, 2.75) is 50.2 Å². The summed E-state index contributed by atoms with van der Waals surface area (Å²) < 4.78 is 4.68. The molecule has 3 atom stereocenters. The fourth-order valence-electron chi connectivity index (χ4n) is 5.14. The molecule has 13 heteroatoms. The fourth-order valence-corrected chi connectivity index (χ4v) is 5.32. The van der Waals surface area contributed by atoms with Crippen LogP contribution in [-0.2, 0) is 41.6 Å². The van der Waals surface area contributed by atoms with Gasteiger partial charge in [-0.1, -0.05) is 60.6 Å². The number of nitrogens with one attached hydrogen (secondary N) is 4.